The van der Waals surface area contributed by atoms with Crippen LogP contribution in [0.25, 0.3) is 11.1 Å². The van der Waals surface area contributed by atoms with Crippen LogP contribution in [0.15, 0.2) is 54.6 Å². The third-order valence-electron chi connectivity index (χ3n) is 4.11. The first-order valence-corrected chi connectivity index (χ1v) is 8.13. The molecule has 0 bridgehead atoms. The van der Waals surface area contributed by atoms with Gasteiger partial charge in [0.25, 0.3) is 0 Å². The summed E-state index contributed by atoms with van der Waals surface area (Å²) in [4.78, 5) is 14.3. The Morgan fingerprint density at radius 1 is 1.08 bits per heavy atom. The number of halogens is 1. The Hall–Kier alpha value is -1.84. The largest absolute Gasteiger partial charge is 0.340 e. The van der Waals surface area contributed by atoms with Crippen molar-refractivity contribution in [1.82, 2.24) is 4.90 Å². The Labute approximate surface area is 151 Å². The van der Waals surface area contributed by atoms with Crippen molar-refractivity contribution in [2.24, 2.45) is 5.73 Å². The van der Waals surface area contributed by atoms with E-state index in [0.29, 0.717) is 13.0 Å². The molecule has 0 saturated heterocycles. The Balaban J connectivity index is 0.00000288. The number of amides is 1. The number of nitrogens with two attached hydrogens (primary N) is 1. The van der Waals surface area contributed by atoms with Gasteiger partial charge < -0.3 is 10.6 Å². The zero-order valence-electron chi connectivity index (χ0n) is 14.7. The molecule has 1 unspecified atom stereocenters. The summed E-state index contributed by atoms with van der Waals surface area (Å²) in [6, 6.07) is 18.4. The van der Waals surface area contributed by atoms with Gasteiger partial charge in [-0.15, -0.1) is 12.4 Å². The van der Waals surface area contributed by atoms with Crippen molar-refractivity contribution in [3.05, 3.63) is 60.2 Å². The zero-order valence-corrected chi connectivity index (χ0v) is 15.5. The highest BCUT2D eigenvalue weighted by molar-refractivity contribution is 5.86. The SMILES string of the molecule is CCCC(C)(N)C(=O)N(C)Cc1ccccc1-c1ccccc1.Cl. The van der Waals surface area contributed by atoms with Crippen LogP contribution in [-0.4, -0.2) is 23.4 Å². The standard InChI is InChI=1S/C20H26N2O.ClH/c1-4-14-20(2,21)19(23)22(3)15-17-12-8-9-13-18(17)16-10-6-5-7-11-16;/h5-13H,4,14-15,21H2,1-3H3;1H. The molecule has 2 rings (SSSR count). The highest BCUT2D eigenvalue weighted by Crippen LogP contribution is 2.25. The first-order chi connectivity index (χ1) is 11.0. The molecule has 0 aliphatic heterocycles. The molecule has 0 fully saturated rings. The van der Waals surface area contributed by atoms with Gasteiger partial charge in [-0.2, -0.15) is 0 Å². The van der Waals surface area contributed by atoms with E-state index in [4.69, 9.17) is 5.73 Å². The Morgan fingerprint density at radius 2 is 1.67 bits per heavy atom. The van der Waals surface area contributed by atoms with Crippen LogP contribution >= 0.6 is 12.4 Å². The molecule has 130 valence electrons. The number of hydrogen-bond acceptors (Lipinski definition) is 2. The minimum absolute atomic E-state index is 0. The van der Waals surface area contributed by atoms with Crippen LogP contribution < -0.4 is 5.73 Å². The van der Waals surface area contributed by atoms with Crippen molar-refractivity contribution in [2.45, 2.75) is 38.8 Å². The molecule has 1 amide bonds. The van der Waals surface area contributed by atoms with Gasteiger partial charge in [0, 0.05) is 13.6 Å². The van der Waals surface area contributed by atoms with Gasteiger partial charge in [-0.1, -0.05) is 67.9 Å². The van der Waals surface area contributed by atoms with Crippen LogP contribution in [0.3, 0.4) is 0 Å². The van der Waals surface area contributed by atoms with Gasteiger partial charge in [-0.05, 0) is 30.0 Å². The minimum Gasteiger partial charge on any atom is -0.340 e. The van der Waals surface area contributed by atoms with Crippen LogP contribution in [0.1, 0.15) is 32.3 Å². The number of carbonyl (C=O) groups is 1. The topological polar surface area (TPSA) is 46.3 Å². The lowest BCUT2D eigenvalue weighted by Gasteiger charge is -2.29. The minimum atomic E-state index is -0.800. The fraction of sp³-hybridized carbons (Fsp3) is 0.350. The molecule has 1 atom stereocenters. The molecule has 0 aromatic heterocycles. The molecule has 0 spiro atoms. The van der Waals surface area contributed by atoms with E-state index < -0.39 is 5.54 Å². The number of likely N-dealkylation sites (N-methyl/N-ethyl adjacent to an activating group) is 1. The molecule has 0 aliphatic carbocycles. The summed E-state index contributed by atoms with van der Waals surface area (Å²) in [5.41, 5.74) is 8.82. The number of benzene rings is 2. The fourth-order valence-electron chi connectivity index (χ4n) is 2.95. The van der Waals surface area contributed by atoms with E-state index in [-0.39, 0.29) is 18.3 Å². The first kappa shape index (κ1) is 20.2. The molecule has 2 aromatic rings. The molecule has 3 nitrogen and oxygen atoms in total. The van der Waals surface area contributed by atoms with Crippen molar-refractivity contribution in [1.29, 1.82) is 0 Å². The highest BCUT2D eigenvalue weighted by atomic mass is 35.5. The molecule has 24 heavy (non-hydrogen) atoms. The molecule has 4 heteroatoms. The third-order valence-corrected chi connectivity index (χ3v) is 4.11. The molecule has 0 aliphatic rings. The van der Waals surface area contributed by atoms with Crippen molar-refractivity contribution in [2.75, 3.05) is 7.05 Å². The molecule has 0 radical (unpaired) electrons. The van der Waals surface area contributed by atoms with Gasteiger partial charge in [0.2, 0.25) is 5.91 Å². The predicted octanol–water partition coefficient (Wildman–Crippen LogP) is 4.25. The first-order valence-electron chi connectivity index (χ1n) is 8.13. The lowest BCUT2D eigenvalue weighted by atomic mass is 9.95. The van der Waals surface area contributed by atoms with Crippen LogP contribution in [0.2, 0.25) is 0 Å². The summed E-state index contributed by atoms with van der Waals surface area (Å²) >= 11 is 0. The van der Waals surface area contributed by atoms with E-state index in [0.717, 1.165) is 23.1 Å². The number of carbonyl (C=O) groups excluding carboxylic acids is 1. The summed E-state index contributed by atoms with van der Waals surface area (Å²) in [6.07, 6.45) is 1.59. The van der Waals surface area contributed by atoms with E-state index in [1.54, 1.807) is 4.90 Å². The second kappa shape index (κ2) is 8.86. The smallest absolute Gasteiger partial charge is 0.242 e. The summed E-state index contributed by atoms with van der Waals surface area (Å²) in [6.45, 7) is 4.42. The van der Waals surface area contributed by atoms with Gasteiger partial charge in [-0.25, -0.2) is 0 Å². The van der Waals surface area contributed by atoms with Crippen LogP contribution in [0.5, 0.6) is 0 Å². The van der Waals surface area contributed by atoms with E-state index in [9.17, 15) is 4.79 Å². The maximum Gasteiger partial charge on any atom is 0.242 e. The van der Waals surface area contributed by atoms with Gasteiger partial charge in [0.1, 0.15) is 0 Å². The summed E-state index contributed by atoms with van der Waals surface area (Å²) in [5.74, 6) is -0.0118. The normalized spacial score (nSPS) is 12.8. The second-order valence-corrected chi connectivity index (χ2v) is 6.35. The molecule has 0 saturated carbocycles. The van der Waals surface area contributed by atoms with Crippen LogP contribution in [-0.2, 0) is 11.3 Å². The Kier molecular flexibility index (Phi) is 7.46. The van der Waals surface area contributed by atoms with Gasteiger partial charge in [0.15, 0.2) is 0 Å². The second-order valence-electron chi connectivity index (χ2n) is 6.35. The highest BCUT2D eigenvalue weighted by Gasteiger charge is 2.30. The van der Waals surface area contributed by atoms with Gasteiger partial charge in [-0.3, -0.25) is 4.79 Å². The van der Waals surface area contributed by atoms with Crippen LogP contribution in [0, 0.1) is 0 Å². The molecule has 0 heterocycles. The lowest BCUT2D eigenvalue weighted by molar-refractivity contribution is -0.135. The summed E-state index contributed by atoms with van der Waals surface area (Å²) < 4.78 is 0. The van der Waals surface area contributed by atoms with Gasteiger partial charge in [0.05, 0.1) is 5.54 Å². The zero-order chi connectivity index (χ0) is 16.9. The average Bonchev–Trinajstić information content (AvgIpc) is 2.55. The number of hydrogen-bond donors (Lipinski definition) is 1. The maximum atomic E-state index is 12.6. The lowest BCUT2D eigenvalue weighted by Crippen LogP contribution is -2.51. The van der Waals surface area contributed by atoms with E-state index in [1.165, 1.54) is 0 Å². The number of rotatable bonds is 6. The van der Waals surface area contributed by atoms with Crippen molar-refractivity contribution in [3.8, 4) is 11.1 Å². The Bertz CT molecular complexity index is 656. The maximum absolute atomic E-state index is 12.6. The Morgan fingerprint density at radius 3 is 2.29 bits per heavy atom. The predicted molar refractivity (Wildman–Crippen MR) is 103 cm³/mol. The molecular formula is C20H27ClN2O. The monoisotopic (exact) mass is 346 g/mol. The van der Waals surface area contributed by atoms with E-state index in [1.807, 2.05) is 51.2 Å². The van der Waals surface area contributed by atoms with Crippen LogP contribution in [0.4, 0.5) is 0 Å². The summed E-state index contributed by atoms with van der Waals surface area (Å²) in [5, 5.41) is 0. The van der Waals surface area contributed by atoms with Crippen molar-refractivity contribution in [3.63, 3.8) is 0 Å². The summed E-state index contributed by atoms with van der Waals surface area (Å²) in [7, 11) is 1.82. The fourth-order valence-corrected chi connectivity index (χ4v) is 2.95. The van der Waals surface area contributed by atoms with Crippen molar-refractivity contribution < 1.29 is 4.79 Å². The molecule has 2 aromatic carbocycles. The third kappa shape index (κ3) is 4.83. The quantitative estimate of drug-likeness (QED) is 0.849. The molecular weight excluding hydrogens is 320 g/mol. The van der Waals surface area contributed by atoms with E-state index in [2.05, 4.69) is 24.3 Å². The van der Waals surface area contributed by atoms with E-state index >= 15 is 0 Å². The van der Waals surface area contributed by atoms with Gasteiger partial charge >= 0.3 is 0 Å². The molecule has 2 N–H and O–H groups in total. The average molecular weight is 347 g/mol. The number of nitrogens with zero attached hydrogens (tertiary/aromatic N) is 1. The van der Waals surface area contributed by atoms with Crippen molar-refractivity contribution >= 4 is 18.3 Å².